The van der Waals surface area contributed by atoms with Crippen LogP contribution < -0.4 is 4.90 Å². The van der Waals surface area contributed by atoms with Crippen molar-refractivity contribution >= 4 is 46.0 Å². The second-order valence-electron chi connectivity index (χ2n) is 12.3. The number of amides is 2. The van der Waals surface area contributed by atoms with Crippen molar-refractivity contribution in [1.82, 2.24) is 4.90 Å². The first-order valence-corrected chi connectivity index (χ1v) is 15.9. The molecule has 2 aromatic carbocycles. The maximum absolute atomic E-state index is 15.0. The number of fused-ring (bicyclic) bond motifs is 2. The van der Waals surface area contributed by atoms with Crippen molar-refractivity contribution in [3.8, 4) is 0 Å². The third kappa shape index (κ3) is 4.96. The molecule has 2 bridgehead atoms. The van der Waals surface area contributed by atoms with E-state index < -0.39 is 28.7 Å². The summed E-state index contributed by atoms with van der Waals surface area (Å²) in [6, 6.07) is 12.5. The number of esters is 1. The number of carbonyl (C=O) groups is 3. The maximum atomic E-state index is 15.0. The van der Waals surface area contributed by atoms with E-state index >= 15 is 0 Å². The summed E-state index contributed by atoms with van der Waals surface area (Å²) in [5, 5.41) is 12.6. The molecule has 8 heteroatoms. The zero-order chi connectivity index (χ0) is 30.2. The van der Waals surface area contributed by atoms with E-state index in [0.717, 1.165) is 22.9 Å². The fraction of sp³-hybridized carbons (Fsp3) is 0.500. The first-order chi connectivity index (χ1) is 20.2. The summed E-state index contributed by atoms with van der Waals surface area (Å²) in [5.74, 6) is -1.93. The van der Waals surface area contributed by atoms with E-state index in [1.165, 1.54) is 0 Å². The van der Waals surface area contributed by atoms with E-state index in [2.05, 4.69) is 20.1 Å². The smallest absolute Gasteiger partial charge is 0.310 e. The molecule has 0 aromatic heterocycles. The number of aliphatic hydroxyl groups is 1. The van der Waals surface area contributed by atoms with Crippen LogP contribution in [-0.4, -0.2) is 69.6 Å². The van der Waals surface area contributed by atoms with Crippen LogP contribution >= 0.6 is 11.8 Å². The normalized spacial score (nSPS) is 28.6. The van der Waals surface area contributed by atoms with Gasteiger partial charge in [-0.2, -0.15) is 0 Å². The van der Waals surface area contributed by atoms with Gasteiger partial charge >= 0.3 is 5.97 Å². The van der Waals surface area contributed by atoms with E-state index in [0.29, 0.717) is 12.8 Å². The van der Waals surface area contributed by atoms with Gasteiger partial charge in [0.05, 0.1) is 35.8 Å². The van der Waals surface area contributed by atoms with Crippen LogP contribution in [0.1, 0.15) is 40.0 Å². The van der Waals surface area contributed by atoms with Crippen molar-refractivity contribution in [2.75, 3.05) is 24.7 Å². The maximum Gasteiger partial charge on any atom is 0.310 e. The number of hydrogen-bond donors (Lipinski definition) is 1. The molecule has 0 saturated carbocycles. The Kier molecular flexibility index (Phi) is 8.86. The SMILES string of the molecule is C=CCCOC(=O)[C@@H]1[C@H]2C(=O)N([C@@H](CO)CC(C)C)C(C(=O)N(CC=C)c3ccc4ccccc4c3)C23S[C@@H]1CC3C. The molecule has 3 fully saturated rings. The van der Waals surface area contributed by atoms with Crippen LogP contribution in [0.3, 0.4) is 0 Å². The minimum Gasteiger partial charge on any atom is -0.465 e. The third-order valence-electron chi connectivity index (χ3n) is 9.23. The van der Waals surface area contributed by atoms with Crippen LogP contribution in [0.15, 0.2) is 67.8 Å². The van der Waals surface area contributed by atoms with Crippen LogP contribution in [0.5, 0.6) is 0 Å². The summed E-state index contributed by atoms with van der Waals surface area (Å²) in [6.45, 7) is 14.0. The zero-order valence-electron chi connectivity index (χ0n) is 24.8. The molecule has 0 radical (unpaired) electrons. The predicted molar refractivity (Wildman–Crippen MR) is 168 cm³/mol. The molecule has 7 atom stereocenters. The molecule has 42 heavy (non-hydrogen) atoms. The van der Waals surface area contributed by atoms with Crippen molar-refractivity contribution in [2.45, 2.75) is 62.1 Å². The number of nitrogens with zero attached hydrogens (tertiary/aromatic N) is 2. The summed E-state index contributed by atoms with van der Waals surface area (Å²) in [5.41, 5.74) is 0.723. The fourth-order valence-electron chi connectivity index (χ4n) is 7.50. The van der Waals surface area contributed by atoms with Gasteiger partial charge in [0, 0.05) is 17.5 Å². The lowest BCUT2D eigenvalue weighted by molar-refractivity contribution is -0.155. The van der Waals surface area contributed by atoms with E-state index in [9.17, 15) is 19.5 Å². The van der Waals surface area contributed by atoms with E-state index in [1.54, 1.807) is 33.7 Å². The number of rotatable bonds is 12. The van der Waals surface area contributed by atoms with Crippen LogP contribution in [0, 0.1) is 23.7 Å². The van der Waals surface area contributed by atoms with Crippen LogP contribution in [-0.2, 0) is 19.1 Å². The van der Waals surface area contributed by atoms with Crippen molar-refractivity contribution in [1.29, 1.82) is 0 Å². The Labute approximate surface area is 253 Å². The Hall–Kier alpha value is -3.10. The van der Waals surface area contributed by atoms with Gasteiger partial charge in [0.2, 0.25) is 5.91 Å². The van der Waals surface area contributed by atoms with Crippen molar-refractivity contribution < 1.29 is 24.2 Å². The van der Waals surface area contributed by atoms with Gasteiger partial charge in [0.15, 0.2) is 0 Å². The number of carbonyl (C=O) groups excluding carboxylic acids is 3. The molecule has 7 nitrogen and oxygen atoms in total. The van der Waals surface area contributed by atoms with Gasteiger partial charge in [-0.3, -0.25) is 14.4 Å². The van der Waals surface area contributed by atoms with Crippen molar-refractivity contribution in [3.05, 3.63) is 67.8 Å². The first kappa shape index (κ1) is 30.4. The molecular weight excluding hydrogens is 548 g/mol. The Morgan fingerprint density at radius 2 is 1.93 bits per heavy atom. The molecule has 0 aliphatic carbocycles. The molecule has 224 valence electrons. The lowest BCUT2D eigenvalue weighted by atomic mass is 9.66. The lowest BCUT2D eigenvalue weighted by Gasteiger charge is -2.42. The molecule has 3 heterocycles. The van der Waals surface area contributed by atoms with Crippen molar-refractivity contribution in [3.63, 3.8) is 0 Å². The Balaban J connectivity index is 1.61. The molecule has 1 N–H and O–H groups in total. The van der Waals surface area contributed by atoms with Gasteiger partial charge in [-0.05, 0) is 54.0 Å². The molecule has 1 spiro atoms. The molecule has 3 unspecified atom stereocenters. The highest BCUT2D eigenvalue weighted by Gasteiger charge is 2.77. The van der Waals surface area contributed by atoms with Gasteiger partial charge in [0.1, 0.15) is 6.04 Å². The molecule has 3 aliphatic rings. The number of aliphatic hydroxyl groups excluding tert-OH is 1. The first-order valence-electron chi connectivity index (χ1n) is 15.0. The average molecular weight is 591 g/mol. The second kappa shape index (κ2) is 12.3. The molecule has 2 aromatic rings. The van der Waals surface area contributed by atoms with Crippen molar-refractivity contribution in [2.24, 2.45) is 23.7 Å². The summed E-state index contributed by atoms with van der Waals surface area (Å²) in [7, 11) is 0. The Morgan fingerprint density at radius 3 is 2.60 bits per heavy atom. The predicted octanol–water partition coefficient (Wildman–Crippen LogP) is 5.22. The summed E-state index contributed by atoms with van der Waals surface area (Å²) in [6.07, 6.45) is 5.19. The van der Waals surface area contributed by atoms with Gasteiger partial charge in [0.25, 0.3) is 5.91 Å². The number of anilines is 1. The summed E-state index contributed by atoms with van der Waals surface area (Å²) >= 11 is 1.62. The number of benzene rings is 2. The Bertz CT molecular complexity index is 1380. The van der Waals surface area contributed by atoms with E-state index in [4.69, 9.17) is 4.74 Å². The minimum atomic E-state index is -0.840. The fourth-order valence-corrected chi connectivity index (χ4v) is 9.89. The highest BCUT2D eigenvalue weighted by molar-refractivity contribution is 8.02. The quantitative estimate of drug-likeness (QED) is 0.207. The van der Waals surface area contributed by atoms with Gasteiger partial charge in [-0.15, -0.1) is 24.9 Å². The summed E-state index contributed by atoms with van der Waals surface area (Å²) in [4.78, 5) is 46.3. The highest BCUT2D eigenvalue weighted by Crippen LogP contribution is 2.69. The van der Waals surface area contributed by atoms with Gasteiger partial charge in [-0.1, -0.05) is 63.3 Å². The monoisotopic (exact) mass is 590 g/mol. The number of likely N-dealkylation sites (tertiary alicyclic amines) is 1. The standard InChI is InChI=1S/C34H42N2O5S/c1-6-8-16-41-33(40)28-27-18-22(5)34(42-27)29(28)31(38)36(26(20-37)17-21(3)4)30(34)32(39)35(15-7-2)25-14-13-23-11-9-10-12-24(23)19-25/h6-7,9-14,19,21-22,26-30,37H,1-2,8,15-18,20H2,3-5H3/t22?,26-,27-,28+,29+,30?,34?/m1/s1. The Morgan fingerprint density at radius 1 is 1.19 bits per heavy atom. The van der Waals surface area contributed by atoms with E-state index in [1.807, 2.05) is 56.3 Å². The average Bonchev–Trinajstić information content (AvgIpc) is 3.57. The summed E-state index contributed by atoms with van der Waals surface area (Å²) < 4.78 is 4.83. The van der Waals surface area contributed by atoms with Gasteiger partial charge in [-0.25, -0.2) is 0 Å². The lowest BCUT2D eigenvalue weighted by Crippen LogP contribution is -2.59. The second-order valence-corrected chi connectivity index (χ2v) is 13.8. The van der Waals surface area contributed by atoms with Crippen LogP contribution in [0.25, 0.3) is 10.8 Å². The molecule has 3 saturated heterocycles. The van der Waals surface area contributed by atoms with E-state index in [-0.39, 0.29) is 54.6 Å². The number of ether oxygens (including phenoxy) is 1. The highest BCUT2D eigenvalue weighted by atomic mass is 32.2. The minimum absolute atomic E-state index is 0.0122. The van der Waals surface area contributed by atoms with Gasteiger partial charge < -0.3 is 19.6 Å². The molecule has 3 aliphatic heterocycles. The van der Waals surface area contributed by atoms with Crippen LogP contribution in [0.2, 0.25) is 0 Å². The third-order valence-corrected chi connectivity index (χ3v) is 11.3. The molecule has 5 rings (SSSR count). The molecular formula is C34H42N2O5S. The topological polar surface area (TPSA) is 87.1 Å². The largest absolute Gasteiger partial charge is 0.465 e. The van der Waals surface area contributed by atoms with Crippen LogP contribution in [0.4, 0.5) is 5.69 Å². The zero-order valence-corrected chi connectivity index (χ0v) is 25.6. The number of hydrogen-bond acceptors (Lipinski definition) is 6. The number of thioether (sulfide) groups is 1. The molecule has 2 amide bonds.